The van der Waals surface area contributed by atoms with E-state index < -0.39 is 0 Å². The van der Waals surface area contributed by atoms with Crippen LogP contribution in [0.2, 0.25) is 0 Å². The molecule has 0 saturated carbocycles. The molecule has 0 radical (unpaired) electrons. The molecule has 35 heavy (non-hydrogen) atoms. The number of ether oxygens (including phenoxy) is 2. The van der Waals surface area contributed by atoms with Gasteiger partial charge in [0, 0.05) is 31.3 Å². The summed E-state index contributed by atoms with van der Waals surface area (Å²) in [5.74, 6) is 0.488. The zero-order valence-corrected chi connectivity index (χ0v) is 21.0. The lowest BCUT2D eigenvalue weighted by atomic mass is 9.99. The van der Waals surface area contributed by atoms with E-state index in [1.54, 1.807) is 14.0 Å². The molecule has 3 aromatic rings. The number of rotatable bonds is 11. The molecule has 0 aliphatic heterocycles. The van der Waals surface area contributed by atoms with E-state index in [0.717, 1.165) is 33.5 Å². The summed E-state index contributed by atoms with van der Waals surface area (Å²) in [5, 5.41) is 0. The standard InChI is InChI=1S/C29H34N2O4/c1-5-31(27(32)15-13-22-10-8-7-9-11-22)20-24-16-21(3)19-30-29(24)25-17-23(12-14-26(25)34-4)18-28(33)35-6-2/h7-12,14,16-17,19H,5-6,13,15,18,20H2,1-4H3. The van der Waals surface area contributed by atoms with Crippen LogP contribution in [0.5, 0.6) is 5.75 Å². The topological polar surface area (TPSA) is 68.7 Å². The van der Waals surface area contributed by atoms with Gasteiger partial charge in [0.15, 0.2) is 0 Å². The van der Waals surface area contributed by atoms with Gasteiger partial charge in [-0.2, -0.15) is 0 Å². The molecule has 3 rings (SSSR count). The fraction of sp³-hybridized carbons (Fsp3) is 0.345. The minimum absolute atomic E-state index is 0.104. The maximum Gasteiger partial charge on any atom is 0.310 e. The molecule has 0 N–H and O–H groups in total. The van der Waals surface area contributed by atoms with Gasteiger partial charge in [-0.3, -0.25) is 14.6 Å². The fourth-order valence-electron chi connectivity index (χ4n) is 4.06. The molecule has 1 aromatic heterocycles. The molecular formula is C29H34N2O4. The van der Waals surface area contributed by atoms with E-state index in [-0.39, 0.29) is 18.3 Å². The second-order valence-electron chi connectivity index (χ2n) is 8.43. The van der Waals surface area contributed by atoms with Crippen molar-refractivity contribution in [1.82, 2.24) is 9.88 Å². The van der Waals surface area contributed by atoms with Crippen LogP contribution in [0.1, 0.15) is 42.5 Å². The molecule has 0 aliphatic carbocycles. The molecule has 0 fully saturated rings. The van der Waals surface area contributed by atoms with Crippen molar-refractivity contribution in [1.29, 1.82) is 0 Å². The van der Waals surface area contributed by atoms with Crippen LogP contribution in [0.3, 0.4) is 0 Å². The van der Waals surface area contributed by atoms with Crippen molar-refractivity contribution < 1.29 is 19.1 Å². The monoisotopic (exact) mass is 474 g/mol. The summed E-state index contributed by atoms with van der Waals surface area (Å²) in [6, 6.07) is 17.7. The molecule has 1 heterocycles. The number of benzene rings is 2. The Balaban J connectivity index is 1.87. The molecule has 0 aliphatic rings. The fourth-order valence-corrected chi connectivity index (χ4v) is 4.06. The Kier molecular flexibility index (Phi) is 9.41. The van der Waals surface area contributed by atoms with E-state index in [1.807, 2.05) is 73.5 Å². The van der Waals surface area contributed by atoms with Crippen molar-refractivity contribution in [3.05, 3.63) is 83.0 Å². The Morgan fingerprint density at radius 2 is 1.77 bits per heavy atom. The molecule has 6 nitrogen and oxygen atoms in total. The van der Waals surface area contributed by atoms with Crippen LogP contribution in [0.25, 0.3) is 11.3 Å². The lowest BCUT2D eigenvalue weighted by molar-refractivity contribution is -0.142. The van der Waals surface area contributed by atoms with Crippen molar-refractivity contribution in [3.63, 3.8) is 0 Å². The van der Waals surface area contributed by atoms with Crippen molar-refractivity contribution in [2.24, 2.45) is 0 Å². The number of carbonyl (C=O) groups excluding carboxylic acids is 2. The van der Waals surface area contributed by atoms with Crippen molar-refractivity contribution in [2.45, 2.75) is 46.6 Å². The van der Waals surface area contributed by atoms with E-state index >= 15 is 0 Å². The maximum absolute atomic E-state index is 13.1. The largest absolute Gasteiger partial charge is 0.496 e. The van der Waals surface area contributed by atoms with Crippen LogP contribution in [0, 0.1) is 6.92 Å². The van der Waals surface area contributed by atoms with E-state index in [0.29, 0.717) is 38.3 Å². The first kappa shape index (κ1) is 25.9. The van der Waals surface area contributed by atoms with Gasteiger partial charge in [0.2, 0.25) is 5.91 Å². The first-order valence-corrected chi connectivity index (χ1v) is 12.0. The summed E-state index contributed by atoms with van der Waals surface area (Å²) in [7, 11) is 1.61. The Labute approximate surface area is 207 Å². The molecule has 2 aromatic carbocycles. The van der Waals surface area contributed by atoms with E-state index in [4.69, 9.17) is 14.5 Å². The highest BCUT2D eigenvalue weighted by molar-refractivity contribution is 5.78. The summed E-state index contributed by atoms with van der Waals surface area (Å²) < 4.78 is 10.7. The average molecular weight is 475 g/mol. The van der Waals surface area contributed by atoms with Crippen LogP contribution in [-0.4, -0.2) is 42.0 Å². The number of hydrogen-bond acceptors (Lipinski definition) is 5. The van der Waals surface area contributed by atoms with Gasteiger partial charge in [0.05, 0.1) is 25.8 Å². The number of aryl methyl sites for hydroxylation is 2. The number of methoxy groups -OCH3 is 1. The van der Waals surface area contributed by atoms with Crippen LogP contribution in [0.4, 0.5) is 0 Å². The lowest BCUT2D eigenvalue weighted by Gasteiger charge is -2.23. The van der Waals surface area contributed by atoms with E-state index in [2.05, 4.69) is 6.07 Å². The molecule has 6 heteroatoms. The number of carbonyl (C=O) groups is 2. The molecule has 0 unspecified atom stereocenters. The molecule has 0 saturated heterocycles. The van der Waals surface area contributed by atoms with Crippen molar-refractivity contribution in [3.8, 4) is 17.0 Å². The SMILES string of the molecule is CCOC(=O)Cc1ccc(OC)c(-c2ncc(C)cc2CN(CC)C(=O)CCc2ccccc2)c1. The Morgan fingerprint density at radius 1 is 1.00 bits per heavy atom. The third-order valence-electron chi connectivity index (χ3n) is 5.84. The van der Waals surface area contributed by atoms with Crippen molar-refractivity contribution >= 4 is 11.9 Å². The third-order valence-corrected chi connectivity index (χ3v) is 5.84. The van der Waals surface area contributed by atoms with Gasteiger partial charge in [-0.15, -0.1) is 0 Å². The van der Waals surface area contributed by atoms with Crippen LogP contribution < -0.4 is 4.74 Å². The molecule has 0 bridgehead atoms. The summed E-state index contributed by atoms with van der Waals surface area (Å²) in [6.07, 6.45) is 3.14. The number of pyridine rings is 1. The van der Waals surface area contributed by atoms with Gasteiger partial charge < -0.3 is 14.4 Å². The quantitative estimate of drug-likeness (QED) is 0.360. The first-order chi connectivity index (χ1) is 16.9. The number of esters is 1. The van der Waals surface area contributed by atoms with Gasteiger partial charge in [-0.25, -0.2) is 0 Å². The van der Waals surface area contributed by atoms with E-state index in [1.165, 1.54) is 0 Å². The second kappa shape index (κ2) is 12.7. The van der Waals surface area contributed by atoms with Gasteiger partial charge in [0.1, 0.15) is 5.75 Å². The summed E-state index contributed by atoms with van der Waals surface area (Å²) >= 11 is 0. The van der Waals surface area contributed by atoms with Gasteiger partial charge >= 0.3 is 5.97 Å². The summed E-state index contributed by atoms with van der Waals surface area (Å²) in [4.78, 5) is 31.7. The maximum atomic E-state index is 13.1. The average Bonchev–Trinajstić information content (AvgIpc) is 2.86. The lowest BCUT2D eigenvalue weighted by Crippen LogP contribution is -2.30. The molecule has 184 valence electrons. The van der Waals surface area contributed by atoms with Crippen LogP contribution >= 0.6 is 0 Å². The number of amides is 1. The molecule has 1 amide bonds. The third kappa shape index (κ3) is 7.15. The predicted molar refractivity (Wildman–Crippen MR) is 137 cm³/mol. The normalized spacial score (nSPS) is 10.6. The van der Waals surface area contributed by atoms with Crippen molar-refractivity contribution in [2.75, 3.05) is 20.3 Å². The highest BCUT2D eigenvalue weighted by Crippen LogP contribution is 2.33. The van der Waals surface area contributed by atoms with E-state index in [9.17, 15) is 9.59 Å². The second-order valence-corrected chi connectivity index (χ2v) is 8.43. The number of nitrogens with zero attached hydrogens (tertiary/aromatic N) is 2. The van der Waals surface area contributed by atoms with Gasteiger partial charge in [-0.05, 0) is 61.6 Å². The van der Waals surface area contributed by atoms with Gasteiger partial charge in [-0.1, -0.05) is 42.5 Å². The number of hydrogen-bond donors (Lipinski definition) is 0. The molecule has 0 spiro atoms. The Morgan fingerprint density at radius 3 is 2.46 bits per heavy atom. The minimum atomic E-state index is -0.276. The number of aromatic nitrogens is 1. The summed E-state index contributed by atoms with van der Waals surface area (Å²) in [6.45, 7) is 7.16. The van der Waals surface area contributed by atoms with Crippen LogP contribution in [-0.2, 0) is 33.7 Å². The molecule has 0 atom stereocenters. The van der Waals surface area contributed by atoms with Gasteiger partial charge in [0.25, 0.3) is 0 Å². The predicted octanol–water partition coefficient (Wildman–Crippen LogP) is 5.15. The molecular weight excluding hydrogens is 440 g/mol. The van der Waals surface area contributed by atoms with Crippen LogP contribution in [0.15, 0.2) is 60.8 Å². The Hall–Kier alpha value is -3.67. The zero-order chi connectivity index (χ0) is 25.2. The first-order valence-electron chi connectivity index (χ1n) is 12.0. The minimum Gasteiger partial charge on any atom is -0.496 e. The summed E-state index contributed by atoms with van der Waals surface area (Å²) in [5.41, 5.74) is 5.45. The zero-order valence-electron chi connectivity index (χ0n) is 21.0. The Bertz CT molecular complexity index is 1140. The highest BCUT2D eigenvalue weighted by atomic mass is 16.5. The smallest absolute Gasteiger partial charge is 0.310 e. The highest BCUT2D eigenvalue weighted by Gasteiger charge is 2.19.